The smallest absolute Gasteiger partial charge is 0.407 e. The predicted octanol–water partition coefficient (Wildman–Crippen LogP) is 6.69. The number of amides is 3. The maximum atomic E-state index is 14.3. The van der Waals surface area contributed by atoms with Gasteiger partial charge >= 0.3 is 6.09 Å². The Balaban J connectivity index is 0.00000255. The van der Waals surface area contributed by atoms with Crippen LogP contribution in [-0.4, -0.2) is 80.3 Å². The molecule has 3 aromatic rings. The summed E-state index contributed by atoms with van der Waals surface area (Å²) in [6, 6.07) is 20.8. The minimum atomic E-state index is -0.612. The molecule has 2 aliphatic heterocycles. The first-order chi connectivity index (χ1) is 23.1. The molecule has 10 nitrogen and oxygen atoms in total. The monoisotopic (exact) mass is 658 g/mol. The Hall–Kier alpha value is -4.57. The highest BCUT2D eigenvalue weighted by Crippen LogP contribution is 2.40. The zero-order valence-electron chi connectivity index (χ0n) is 29.4. The molecule has 0 bridgehead atoms. The largest absolute Gasteiger partial charge is 0.493 e. The van der Waals surface area contributed by atoms with Gasteiger partial charge in [-0.15, -0.1) is 0 Å². The van der Waals surface area contributed by atoms with E-state index in [0.717, 1.165) is 44.0 Å². The van der Waals surface area contributed by atoms with E-state index in [1.165, 1.54) is 10.5 Å². The number of hydrogen-bond donors (Lipinski definition) is 1. The number of nitrogens with one attached hydrogen (secondary N) is 1. The molecule has 0 unspecified atom stereocenters. The Morgan fingerprint density at radius 2 is 1.54 bits per heavy atom. The number of imide groups is 1. The van der Waals surface area contributed by atoms with Crippen LogP contribution in [0.15, 0.2) is 66.7 Å². The third kappa shape index (κ3) is 8.66. The zero-order valence-corrected chi connectivity index (χ0v) is 29.4. The number of fused-ring (bicyclic) bond motifs is 1. The second-order valence-corrected chi connectivity index (χ2v) is 12.6. The topological polar surface area (TPSA) is 101 Å². The van der Waals surface area contributed by atoms with Crippen LogP contribution in [0.3, 0.4) is 0 Å². The van der Waals surface area contributed by atoms with E-state index in [4.69, 9.17) is 14.2 Å². The summed E-state index contributed by atoms with van der Waals surface area (Å²) in [6.45, 7) is 13.8. The summed E-state index contributed by atoms with van der Waals surface area (Å²) in [5.41, 5.74) is 3.04. The van der Waals surface area contributed by atoms with Crippen LogP contribution in [0.1, 0.15) is 85.3 Å². The first-order valence-electron chi connectivity index (χ1n) is 16.8. The second kappa shape index (κ2) is 16.5. The van der Waals surface area contributed by atoms with Crippen molar-refractivity contribution in [2.45, 2.75) is 65.6 Å². The molecule has 1 atom stereocenters. The Labute approximate surface area is 284 Å². The van der Waals surface area contributed by atoms with Crippen LogP contribution in [0.25, 0.3) is 0 Å². The number of benzene rings is 3. The van der Waals surface area contributed by atoms with Gasteiger partial charge in [-0.05, 0) is 69.0 Å². The van der Waals surface area contributed by atoms with Crippen molar-refractivity contribution in [2.75, 3.05) is 51.8 Å². The average Bonchev–Trinajstić information content (AvgIpc) is 3.34. The van der Waals surface area contributed by atoms with Gasteiger partial charge in [0, 0.05) is 39.3 Å². The van der Waals surface area contributed by atoms with E-state index in [0.29, 0.717) is 42.0 Å². The summed E-state index contributed by atoms with van der Waals surface area (Å²) < 4.78 is 16.4. The fourth-order valence-electron chi connectivity index (χ4n) is 6.13. The van der Waals surface area contributed by atoms with Crippen LogP contribution in [0.2, 0.25) is 0 Å². The highest BCUT2D eigenvalue weighted by atomic mass is 16.6. The molecule has 1 N–H and O–H groups in total. The molecule has 1 fully saturated rings. The van der Waals surface area contributed by atoms with Gasteiger partial charge in [-0.1, -0.05) is 56.3 Å². The van der Waals surface area contributed by atoms with Crippen molar-refractivity contribution < 1.29 is 28.6 Å². The molecule has 3 amide bonds. The molecule has 48 heavy (non-hydrogen) atoms. The third-order valence-corrected chi connectivity index (χ3v) is 8.31. The molecule has 0 spiro atoms. The number of hydrogen-bond acceptors (Lipinski definition) is 8. The number of carbonyl (C=O) groups is 3. The van der Waals surface area contributed by atoms with Gasteiger partial charge in [0.05, 0.1) is 37.1 Å². The van der Waals surface area contributed by atoms with Crippen LogP contribution in [0, 0.1) is 0 Å². The van der Waals surface area contributed by atoms with Gasteiger partial charge < -0.3 is 24.4 Å². The summed E-state index contributed by atoms with van der Waals surface area (Å²) in [4.78, 5) is 46.5. The number of carbonyl (C=O) groups excluding carboxylic acids is 3. The van der Waals surface area contributed by atoms with Crippen molar-refractivity contribution in [2.24, 2.45) is 0 Å². The number of nitrogens with zero attached hydrogens (tertiary/aromatic N) is 3. The van der Waals surface area contributed by atoms with Crippen LogP contribution in [-0.2, 0) is 11.3 Å². The average molecular weight is 659 g/mol. The lowest BCUT2D eigenvalue weighted by molar-refractivity contribution is 0.0510. The molecule has 10 heteroatoms. The molecule has 0 aromatic heterocycles. The number of rotatable bonds is 11. The highest BCUT2D eigenvalue weighted by molar-refractivity contribution is 6.24. The molecular formula is C38H50N4O6. The SMILES string of the molecule is CC.COc1ccc([C@@H](CCCNC(=O)OC(C)(C)C)N2C(=O)c3cccc(N4CCN(Cc5ccccc5)CC4)c3C2=O)cc1OC. The van der Waals surface area contributed by atoms with E-state index >= 15 is 0 Å². The van der Waals surface area contributed by atoms with Crippen molar-refractivity contribution >= 4 is 23.6 Å². The third-order valence-electron chi connectivity index (χ3n) is 8.31. The fourth-order valence-corrected chi connectivity index (χ4v) is 6.13. The lowest BCUT2D eigenvalue weighted by Gasteiger charge is -2.36. The molecule has 0 radical (unpaired) electrons. The van der Waals surface area contributed by atoms with Crippen molar-refractivity contribution in [1.82, 2.24) is 15.1 Å². The standard InChI is InChI=1S/C36H44N4O6.C2H6/c1-36(2,3)46-35(43)37-18-10-15-28(26-16-17-30(44-4)31(23-26)45-5)40-33(41)27-13-9-14-29(32(27)34(40)42)39-21-19-38(20-22-39)24-25-11-7-6-8-12-25;1-2/h6-9,11-14,16-17,23,28H,10,15,18-22,24H2,1-5H3,(H,37,43);1-2H3/t28-;/m1./s1. The van der Waals surface area contributed by atoms with Crippen molar-refractivity contribution in [3.05, 3.63) is 89.0 Å². The van der Waals surface area contributed by atoms with Gasteiger partial charge in [-0.3, -0.25) is 19.4 Å². The first-order valence-corrected chi connectivity index (χ1v) is 16.8. The quantitative estimate of drug-likeness (QED) is 0.180. The van der Waals surface area contributed by atoms with Gasteiger partial charge in [0.2, 0.25) is 0 Å². The molecule has 0 aliphatic carbocycles. The Kier molecular flexibility index (Phi) is 12.5. The maximum Gasteiger partial charge on any atom is 0.407 e. The molecule has 3 aromatic carbocycles. The summed E-state index contributed by atoms with van der Waals surface area (Å²) in [6.07, 6.45) is 0.413. The summed E-state index contributed by atoms with van der Waals surface area (Å²) >= 11 is 0. The fraction of sp³-hybridized carbons (Fsp3) is 0.447. The second-order valence-electron chi connectivity index (χ2n) is 12.6. The van der Waals surface area contributed by atoms with Gasteiger partial charge in [0.15, 0.2) is 11.5 Å². The summed E-state index contributed by atoms with van der Waals surface area (Å²) in [7, 11) is 3.11. The van der Waals surface area contributed by atoms with E-state index < -0.39 is 17.7 Å². The number of ether oxygens (including phenoxy) is 3. The van der Waals surface area contributed by atoms with Crippen LogP contribution < -0.4 is 19.7 Å². The van der Waals surface area contributed by atoms with Gasteiger partial charge in [0.1, 0.15) is 5.60 Å². The molecule has 2 heterocycles. The minimum absolute atomic E-state index is 0.317. The van der Waals surface area contributed by atoms with Crippen molar-refractivity contribution in [3.8, 4) is 11.5 Å². The van der Waals surface area contributed by atoms with Crippen LogP contribution in [0.4, 0.5) is 10.5 Å². The lowest BCUT2D eigenvalue weighted by Crippen LogP contribution is -2.46. The van der Waals surface area contributed by atoms with Crippen LogP contribution >= 0.6 is 0 Å². The highest BCUT2D eigenvalue weighted by Gasteiger charge is 2.43. The molecule has 258 valence electrons. The Morgan fingerprint density at radius 1 is 0.854 bits per heavy atom. The molecular weight excluding hydrogens is 608 g/mol. The zero-order chi connectivity index (χ0) is 34.8. The minimum Gasteiger partial charge on any atom is -0.493 e. The Morgan fingerprint density at radius 3 is 2.19 bits per heavy atom. The number of piperazine rings is 1. The molecule has 5 rings (SSSR count). The van der Waals surface area contributed by atoms with E-state index in [-0.39, 0.29) is 11.8 Å². The van der Waals surface area contributed by atoms with E-state index in [2.05, 4.69) is 39.4 Å². The van der Waals surface area contributed by atoms with E-state index in [1.807, 2.05) is 38.1 Å². The van der Waals surface area contributed by atoms with Crippen LogP contribution in [0.5, 0.6) is 11.5 Å². The summed E-state index contributed by atoms with van der Waals surface area (Å²) in [5.74, 6) is 0.404. The maximum absolute atomic E-state index is 14.3. The number of methoxy groups -OCH3 is 2. The lowest BCUT2D eigenvalue weighted by atomic mass is 9.99. The number of anilines is 1. The molecule has 0 saturated carbocycles. The van der Waals surface area contributed by atoms with Gasteiger partial charge in [-0.25, -0.2) is 4.79 Å². The van der Waals surface area contributed by atoms with Crippen molar-refractivity contribution in [1.29, 1.82) is 0 Å². The normalized spacial score (nSPS) is 15.3. The van der Waals surface area contributed by atoms with Gasteiger partial charge in [0.25, 0.3) is 11.8 Å². The first kappa shape index (κ1) is 36.3. The van der Waals surface area contributed by atoms with E-state index in [9.17, 15) is 14.4 Å². The molecule has 2 aliphatic rings. The number of alkyl carbamates (subject to hydrolysis) is 1. The van der Waals surface area contributed by atoms with Crippen molar-refractivity contribution in [3.63, 3.8) is 0 Å². The van der Waals surface area contributed by atoms with E-state index in [1.54, 1.807) is 53.2 Å². The molecule has 1 saturated heterocycles. The summed E-state index contributed by atoms with van der Waals surface area (Å²) in [5, 5.41) is 2.78. The van der Waals surface area contributed by atoms with Gasteiger partial charge in [-0.2, -0.15) is 0 Å². The Bertz CT molecular complexity index is 1550. The predicted molar refractivity (Wildman–Crippen MR) is 188 cm³/mol.